The summed E-state index contributed by atoms with van der Waals surface area (Å²) in [7, 11) is 4.87. The summed E-state index contributed by atoms with van der Waals surface area (Å²) in [5.41, 5.74) is 5.43. The van der Waals surface area contributed by atoms with Crippen LogP contribution in [0.5, 0.6) is 17.2 Å². The van der Waals surface area contributed by atoms with E-state index >= 15 is 0 Å². The number of ether oxygens (including phenoxy) is 3. The molecule has 0 radical (unpaired) electrons. The molecule has 1 N–H and O–H groups in total. The van der Waals surface area contributed by atoms with Gasteiger partial charge < -0.3 is 19.5 Å². The van der Waals surface area contributed by atoms with Crippen molar-refractivity contribution in [2.75, 3.05) is 39.7 Å². The predicted octanol–water partition coefficient (Wildman–Crippen LogP) is 5.30. The molecule has 0 bridgehead atoms. The molecule has 5 rings (SSSR count). The SMILES string of the molecule is COc1cc(CNc2ccccc2-c2cn3c(CN4CCCC4)csc3n2)cc(OC)c1OC. The fourth-order valence-electron chi connectivity index (χ4n) is 4.54. The van der Waals surface area contributed by atoms with E-state index in [0.717, 1.165) is 34.0 Å². The Morgan fingerprint density at radius 1 is 1.00 bits per heavy atom. The summed E-state index contributed by atoms with van der Waals surface area (Å²) in [4.78, 5) is 8.49. The van der Waals surface area contributed by atoms with Gasteiger partial charge in [-0.3, -0.25) is 9.30 Å². The highest BCUT2D eigenvalue weighted by atomic mass is 32.1. The molecule has 1 saturated heterocycles. The van der Waals surface area contributed by atoms with Gasteiger partial charge in [0.05, 0.1) is 27.0 Å². The third kappa shape index (κ3) is 4.43. The van der Waals surface area contributed by atoms with Crippen LogP contribution in [0, 0.1) is 0 Å². The van der Waals surface area contributed by atoms with Gasteiger partial charge in [0.15, 0.2) is 16.5 Å². The maximum Gasteiger partial charge on any atom is 0.203 e. The Bertz CT molecular complexity index is 1250. The van der Waals surface area contributed by atoms with E-state index in [2.05, 4.69) is 44.4 Å². The number of nitrogens with zero attached hydrogens (tertiary/aromatic N) is 3. The molecule has 2 aromatic heterocycles. The zero-order valence-electron chi connectivity index (χ0n) is 19.8. The van der Waals surface area contributed by atoms with Gasteiger partial charge in [0, 0.05) is 41.6 Å². The number of hydrogen-bond donors (Lipinski definition) is 1. The molecule has 0 aliphatic carbocycles. The van der Waals surface area contributed by atoms with E-state index in [1.54, 1.807) is 32.7 Å². The van der Waals surface area contributed by atoms with Gasteiger partial charge in [0.1, 0.15) is 0 Å². The molecule has 4 aromatic rings. The average molecular weight is 479 g/mol. The van der Waals surface area contributed by atoms with Crippen LogP contribution in [0.3, 0.4) is 0 Å². The molecule has 0 atom stereocenters. The monoisotopic (exact) mass is 478 g/mol. The molecule has 1 aliphatic rings. The summed E-state index contributed by atoms with van der Waals surface area (Å²) < 4.78 is 18.7. The van der Waals surface area contributed by atoms with Crippen LogP contribution >= 0.6 is 11.3 Å². The molecule has 0 unspecified atom stereocenters. The van der Waals surface area contributed by atoms with Gasteiger partial charge in [-0.25, -0.2) is 4.98 Å². The number of imidazole rings is 1. The Morgan fingerprint density at radius 2 is 1.74 bits per heavy atom. The van der Waals surface area contributed by atoms with E-state index in [-0.39, 0.29) is 0 Å². The second kappa shape index (κ2) is 9.95. The van der Waals surface area contributed by atoms with E-state index < -0.39 is 0 Å². The van der Waals surface area contributed by atoms with E-state index in [9.17, 15) is 0 Å². The second-order valence-electron chi connectivity index (χ2n) is 8.42. The first-order valence-electron chi connectivity index (χ1n) is 11.5. The Labute approximate surface area is 203 Å². The summed E-state index contributed by atoms with van der Waals surface area (Å²) in [6.07, 6.45) is 4.76. The summed E-state index contributed by atoms with van der Waals surface area (Å²) in [5, 5.41) is 5.81. The van der Waals surface area contributed by atoms with Crippen molar-refractivity contribution in [3.63, 3.8) is 0 Å². The highest BCUT2D eigenvalue weighted by Gasteiger charge is 2.17. The minimum absolute atomic E-state index is 0.594. The molecule has 3 heterocycles. The smallest absolute Gasteiger partial charge is 0.203 e. The lowest BCUT2D eigenvalue weighted by molar-refractivity contribution is 0.324. The number of rotatable bonds is 9. The van der Waals surface area contributed by atoms with E-state index in [1.165, 1.54) is 31.6 Å². The minimum Gasteiger partial charge on any atom is -0.493 e. The van der Waals surface area contributed by atoms with Crippen molar-refractivity contribution in [2.45, 2.75) is 25.9 Å². The highest BCUT2D eigenvalue weighted by molar-refractivity contribution is 7.15. The molecule has 1 fully saturated rings. The van der Waals surface area contributed by atoms with Crippen LogP contribution in [0.1, 0.15) is 24.1 Å². The van der Waals surface area contributed by atoms with Gasteiger partial charge in [-0.1, -0.05) is 18.2 Å². The van der Waals surface area contributed by atoms with Gasteiger partial charge in [-0.15, -0.1) is 11.3 Å². The average Bonchev–Trinajstić information content (AvgIpc) is 3.61. The quantitative estimate of drug-likeness (QED) is 0.352. The maximum absolute atomic E-state index is 5.50. The van der Waals surface area contributed by atoms with Crippen LogP contribution in [-0.4, -0.2) is 48.7 Å². The molecule has 1 aliphatic heterocycles. The van der Waals surface area contributed by atoms with Crippen LogP contribution in [0.15, 0.2) is 48.0 Å². The summed E-state index contributed by atoms with van der Waals surface area (Å²) >= 11 is 1.71. The number of nitrogens with one attached hydrogen (secondary N) is 1. The molecule has 7 nitrogen and oxygen atoms in total. The Hall–Kier alpha value is -3.23. The maximum atomic E-state index is 5.50. The van der Waals surface area contributed by atoms with Crippen molar-refractivity contribution in [2.24, 2.45) is 0 Å². The number of benzene rings is 2. The van der Waals surface area contributed by atoms with E-state index in [4.69, 9.17) is 19.2 Å². The van der Waals surface area contributed by atoms with Crippen LogP contribution in [0.4, 0.5) is 5.69 Å². The number of anilines is 1. The molecule has 0 spiro atoms. The Morgan fingerprint density at radius 3 is 2.44 bits per heavy atom. The van der Waals surface area contributed by atoms with Crippen LogP contribution in [0.25, 0.3) is 16.2 Å². The lowest BCUT2D eigenvalue weighted by Gasteiger charge is -2.15. The molecule has 34 heavy (non-hydrogen) atoms. The molecule has 0 saturated carbocycles. The Kier molecular flexibility index (Phi) is 6.60. The first-order chi connectivity index (χ1) is 16.7. The molecular formula is C26H30N4O3S. The summed E-state index contributed by atoms with van der Waals surface area (Å²) in [6, 6.07) is 12.2. The fraction of sp³-hybridized carbons (Fsp3) is 0.346. The van der Waals surface area contributed by atoms with Crippen LogP contribution < -0.4 is 19.5 Å². The molecule has 2 aromatic carbocycles. The number of fused-ring (bicyclic) bond motifs is 1. The largest absolute Gasteiger partial charge is 0.493 e. The first kappa shape index (κ1) is 22.6. The number of thiazole rings is 1. The van der Waals surface area contributed by atoms with Crippen LogP contribution in [-0.2, 0) is 13.1 Å². The number of methoxy groups -OCH3 is 3. The third-order valence-electron chi connectivity index (χ3n) is 6.28. The third-order valence-corrected chi connectivity index (χ3v) is 7.17. The van der Waals surface area contributed by atoms with E-state index in [1.807, 2.05) is 18.2 Å². The molecule has 178 valence electrons. The lowest BCUT2D eigenvalue weighted by atomic mass is 10.1. The molecule has 8 heteroatoms. The predicted molar refractivity (Wildman–Crippen MR) is 136 cm³/mol. The van der Waals surface area contributed by atoms with Gasteiger partial charge in [0.25, 0.3) is 0 Å². The number of hydrogen-bond acceptors (Lipinski definition) is 7. The summed E-state index contributed by atoms with van der Waals surface area (Å²) in [6.45, 7) is 3.96. The topological polar surface area (TPSA) is 60.3 Å². The zero-order chi connectivity index (χ0) is 23.5. The lowest BCUT2D eigenvalue weighted by Crippen LogP contribution is -2.19. The Balaban J connectivity index is 1.39. The van der Waals surface area contributed by atoms with E-state index in [0.29, 0.717) is 23.8 Å². The van der Waals surface area contributed by atoms with Crippen molar-refractivity contribution in [3.8, 4) is 28.5 Å². The van der Waals surface area contributed by atoms with Crippen molar-refractivity contribution in [1.29, 1.82) is 0 Å². The highest BCUT2D eigenvalue weighted by Crippen LogP contribution is 2.38. The molecule has 0 amide bonds. The summed E-state index contributed by atoms with van der Waals surface area (Å²) in [5.74, 6) is 1.88. The van der Waals surface area contributed by atoms with Gasteiger partial charge >= 0.3 is 0 Å². The number of aromatic nitrogens is 2. The van der Waals surface area contributed by atoms with Crippen LogP contribution in [0.2, 0.25) is 0 Å². The van der Waals surface area contributed by atoms with Crippen molar-refractivity contribution >= 4 is 22.0 Å². The minimum atomic E-state index is 0.594. The van der Waals surface area contributed by atoms with Crippen molar-refractivity contribution in [3.05, 3.63) is 59.2 Å². The standard InChI is InChI=1S/C26H30N4O3S/c1-31-23-12-18(13-24(32-2)25(23)33-3)14-27-21-9-5-4-8-20(21)22-16-30-19(17-34-26(30)28-22)15-29-10-6-7-11-29/h4-5,8-9,12-13,16-17,27H,6-7,10-11,14-15H2,1-3H3. The zero-order valence-corrected chi connectivity index (χ0v) is 20.7. The normalized spacial score (nSPS) is 14.0. The van der Waals surface area contributed by atoms with Crippen molar-refractivity contribution in [1.82, 2.24) is 14.3 Å². The van der Waals surface area contributed by atoms with Gasteiger partial charge in [-0.05, 0) is 49.7 Å². The number of para-hydroxylation sites is 1. The molecular weight excluding hydrogens is 448 g/mol. The number of likely N-dealkylation sites (tertiary alicyclic amines) is 1. The first-order valence-corrected chi connectivity index (χ1v) is 12.4. The van der Waals surface area contributed by atoms with Gasteiger partial charge in [0.2, 0.25) is 5.75 Å². The fourth-order valence-corrected chi connectivity index (χ4v) is 5.40. The second-order valence-corrected chi connectivity index (χ2v) is 9.26. The van der Waals surface area contributed by atoms with Gasteiger partial charge in [-0.2, -0.15) is 0 Å². The van der Waals surface area contributed by atoms with Crippen molar-refractivity contribution < 1.29 is 14.2 Å².